The zero-order chi connectivity index (χ0) is 27.1. The summed E-state index contributed by atoms with van der Waals surface area (Å²) >= 11 is 2.30. The lowest BCUT2D eigenvalue weighted by molar-refractivity contribution is 0.0478. The molecule has 4 aromatic rings. The quantitative estimate of drug-likeness (QED) is 0.181. The molecule has 0 spiro atoms. The van der Waals surface area contributed by atoms with Gasteiger partial charge in [0.2, 0.25) is 0 Å². The van der Waals surface area contributed by atoms with Crippen LogP contribution < -0.4 is 5.32 Å². The average Bonchev–Trinajstić information content (AvgIpc) is 3.54. The highest BCUT2D eigenvalue weighted by atomic mass is 32.1. The SMILES string of the molecule is CCOC(=O)c1c(NC=C(C#N)c2nc(-c3ccc(F)cc3)cs2)sc(C(=O)OCc2ccccc2)c1C. The van der Waals surface area contributed by atoms with Gasteiger partial charge in [-0.15, -0.1) is 22.7 Å². The fraction of sp³-hybridized carbons (Fsp3) is 0.143. The summed E-state index contributed by atoms with van der Waals surface area (Å²) in [5, 5.41) is 15.3. The highest BCUT2D eigenvalue weighted by molar-refractivity contribution is 7.18. The van der Waals surface area contributed by atoms with Crippen molar-refractivity contribution >= 4 is 45.2 Å². The molecule has 0 aliphatic rings. The molecular weight excluding hydrogens is 525 g/mol. The molecular formula is C28H22FN3O4S2. The van der Waals surface area contributed by atoms with Gasteiger partial charge in [0.1, 0.15) is 39.0 Å². The van der Waals surface area contributed by atoms with E-state index in [-0.39, 0.29) is 35.0 Å². The Kier molecular flexibility index (Phi) is 8.63. The molecule has 2 heterocycles. The summed E-state index contributed by atoms with van der Waals surface area (Å²) in [5.74, 6) is -1.51. The van der Waals surface area contributed by atoms with E-state index < -0.39 is 11.9 Å². The lowest BCUT2D eigenvalue weighted by Gasteiger charge is -2.06. The summed E-state index contributed by atoms with van der Waals surface area (Å²) in [7, 11) is 0. The Morgan fingerprint density at radius 3 is 2.53 bits per heavy atom. The second-order valence-electron chi connectivity index (χ2n) is 7.90. The van der Waals surface area contributed by atoms with E-state index in [0.717, 1.165) is 22.5 Å². The molecule has 0 saturated heterocycles. The number of anilines is 1. The van der Waals surface area contributed by atoms with Gasteiger partial charge in [0, 0.05) is 17.1 Å². The number of rotatable bonds is 9. The third-order valence-corrected chi connectivity index (χ3v) is 7.45. The maximum absolute atomic E-state index is 13.3. The predicted molar refractivity (Wildman–Crippen MR) is 145 cm³/mol. The number of nitrogens with zero attached hydrogens (tertiary/aromatic N) is 2. The molecule has 4 rings (SSSR count). The molecule has 2 aromatic heterocycles. The largest absolute Gasteiger partial charge is 0.462 e. The Hall–Kier alpha value is -4.33. The molecule has 192 valence electrons. The van der Waals surface area contributed by atoms with Gasteiger partial charge in [-0.05, 0) is 49.2 Å². The van der Waals surface area contributed by atoms with E-state index in [0.29, 0.717) is 21.3 Å². The van der Waals surface area contributed by atoms with Gasteiger partial charge in [-0.2, -0.15) is 5.26 Å². The Morgan fingerprint density at radius 2 is 1.84 bits per heavy atom. The van der Waals surface area contributed by atoms with Crippen LogP contribution in [0.3, 0.4) is 0 Å². The van der Waals surface area contributed by atoms with Gasteiger partial charge < -0.3 is 14.8 Å². The number of aromatic nitrogens is 1. The number of ether oxygens (including phenoxy) is 2. The van der Waals surface area contributed by atoms with E-state index in [9.17, 15) is 19.2 Å². The fourth-order valence-electron chi connectivity index (χ4n) is 3.48. The second kappa shape index (κ2) is 12.3. The summed E-state index contributed by atoms with van der Waals surface area (Å²) in [6, 6.07) is 17.3. The van der Waals surface area contributed by atoms with E-state index in [2.05, 4.69) is 16.4 Å². The number of carbonyl (C=O) groups excluding carboxylic acids is 2. The van der Waals surface area contributed by atoms with Crippen molar-refractivity contribution in [2.45, 2.75) is 20.5 Å². The minimum Gasteiger partial charge on any atom is -0.462 e. The zero-order valence-corrected chi connectivity index (χ0v) is 22.1. The number of carbonyl (C=O) groups is 2. The van der Waals surface area contributed by atoms with Gasteiger partial charge >= 0.3 is 11.9 Å². The molecule has 1 N–H and O–H groups in total. The molecule has 38 heavy (non-hydrogen) atoms. The van der Waals surface area contributed by atoms with Crippen LogP contribution in [-0.4, -0.2) is 23.5 Å². The van der Waals surface area contributed by atoms with E-state index >= 15 is 0 Å². The fourth-order valence-corrected chi connectivity index (χ4v) is 5.33. The number of halogens is 1. The summed E-state index contributed by atoms with van der Waals surface area (Å²) < 4.78 is 23.9. The van der Waals surface area contributed by atoms with Gasteiger partial charge in [-0.25, -0.2) is 19.0 Å². The van der Waals surface area contributed by atoms with Crippen molar-refractivity contribution in [1.82, 2.24) is 4.98 Å². The van der Waals surface area contributed by atoms with Gasteiger partial charge in [-0.3, -0.25) is 0 Å². The van der Waals surface area contributed by atoms with Crippen LogP contribution in [0.15, 0.2) is 66.2 Å². The minimum atomic E-state index is -0.592. The normalized spacial score (nSPS) is 11.1. The lowest BCUT2D eigenvalue weighted by atomic mass is 10.1. The van der Waals surface area contributed by atoms with Crippen LogP contribution in [0.25, 0.3) is 16.8 Å². The molecule has 2 aromatic carbocycles. The summed E-state index contributed by atoms with van der Waals surface area (Å²) in [5.41, 5.74) is 3.00. The van der Waals surface area contributed by atoms with E-state index in [1.807, 2.05) is 30.3 Å². The van der Waals surface area contributed by atoms with E-state index in [1.54, 1.807) is 31.4 Å². The molecule has 0 radical (unpaired) electrons. The molecule has 7 nitrogen and oxygen atoms in total. The monoisotopic (exact) mass is 547 g/mol. The van der Waals surface area contributed by atoms with E-state index in [1.165, 1.54) is 29.7 Å². The number of thiazole rings is 1. The molecule has 0 fully saturated rings. The van der Waals surface area contributed by atoms with Crippen LogP contribution >= 0.6 is 22.7 Å². The Bertz CT molecular complexity index is 1520. The standard InChI is InChI=1S/C28H22FN3O4S2/c1-3-35-27(33)23-17(2)24(28(34)36-15-18-7-5-4-6-8-18)38-26(23)31-14-20(13-30)25-32-22(16-37-25)19-9-11-21(29)12-10-19/h4-12,14,16,31H,3,15H2,1-2H3. The van der Waals surface area contributed by atoms with Gasteiger partial charge in [0.25, 0.3) is 0 Å². The smallest absolute Gasteiger partial charge is 0.349 e. The first-order valence-corrected chi connectivity index (χ1v) is 13.2. The summed E-state index contributed by atoms with van der Waals surface area (Å²) in [4.78, 5) is 30.4. The Morgan fingerprint density at radius 1 is 1.11 bits per heavy atom. The van der Waals surface area contributed by atoms with Crippen molar-refractivity contribution in [3.8, 4) is 17.3 Å². The average molecular weight is 548 g/mol. The molecule has 0 bridgehead atoms. The van der Waals surface area contributed by atoms with Crippen LogP contribution in [0.5, 0.6) is 0 Å². The second-order valence-corrected chi connectivity index (χ2v) is 9.78. The highest BCUT2D eigenvalue weighted by Crippen LogP contribution is 2.35. The maximum Gasteiger partial charge on any atom is 0.349 e. The molecule has 0 unspecified atom stereocenters. The molecule has 0 aliphatic carbocycles. The zero-order valence-electron chi connectivity index (χ0n) is 20.5. The first-order chi connectivity index (χ1) is 18.4. The number of esters is 2. The van der Waals surface area contributed by atoms with Crippen molar-refractivity contribution in [2.75, 3.05) is 11.9 Å². The predicted octanol–water partition coefficient (Wildman–Crippen LogP) is 6.83. The van der Waals surface area contributed by atoms with Gasteiger partial charge in [0.15, 0.2) is 0 Å². The molecule has 0 atom stereocenters. The van der Waals surface area contributed by atoms with Crippen LogP contribution in [-0.2, 0) is 16.1 Å². The number of hydrogen-bond acceptors (Lipinski definition) is 9. The van der Waals surface area contributed by atoms with Crippen molar-refractivity contribution < 1.29 is 23.5 Å². The molecule has 0 amide bonds. The molecule has 0 saturated carbocycles. The van der Waals surface area contributed by atoms with E-state index in [4.69, 9.17) is 9.47 Å². The Labute approximate surface area is 226 Å². The van der Waals surface area contributed by atoms with Crippen LogP contribution in [0.1, 0.15) is 43.1 Å². The number of nitrogens with one attached hydrogen (secondary N) is 1. The Balaban J connectivity index is 1.59. The highest BCUT2D eigenvalue weighted by Gasteiger charge is 2.26. The maximum atomic E-state index is 13.3. The third-order valence-electron chi connectivity index (χ3n) is 5.37. The first kappa shape index (κ1) is 26.7. The van der Waals surface area contributed by atoms with Crippen LogP contribution in [0, 0.1) is 24.1 Å². The number of nitriles is 1. The lowest BCUT2D eigenvalue weighted by Crippen LogP contribution is -2.09. The topological polar surface area (TPSA) is 101 Å². The third kappa shape index (κ3) is 6.14. The summed E-state index contributed by atoms with van der Waals surface area (Å²) in [6.45, 7) is 3.59. The van der Waals surface area contributed by atoms with Gasteiger partial charge in [-0.1, -0.05) is 30.3 Å². The van der Waals surface area contributed by atoms with Crippen LogP contribution in [0.2, 0.25) is 0 Å². The van der Waals surface area contributed by atoms with Crippen molar-refractivity contribution in [3.05, 3.63) is 98.6 Å². The minimum absolute atomic E-state index is 0.0907. The van der Waals surface area contributed by atoms with Crippen molar-refractivity contribution in [1.29, 1.82) is 5.26 Å². The van der Waals surface area contributed by atoms with Gasteiger partial charge in [0.05, 0.1) is 17.9 Å². The number of allylic oxidation sites excluding steroid dienone is 1. The molecule has 10 heteroatoms. The van der Waals surface area contributed by atoms with Crippen molar-refractivity contribution in [3.63, 3.8) is 0 Å². The first-order valence-electron chi connectivity index (χ1n) is 11.5. The number of hydrogen-bond donors (Lipinski definition) is 1. The molecule has 0 aliphatic heterocycles. The van der Waals surface area contributed by atoms with Crippen molar-refractivity contribution in [2.24, 2.45) is 0 Å². The summed E-state index contributed by atoms with van der Waals surface area (Å²) in [6.07, 6.45) is 1.43. The number of thiophene rings is 1. The number of benzene rings is 2. The van der Waals surface area contributed by atoms with Crippen LogP contribution in [0.4, 0.5) is 9.39 Å².